The Labute approximate surface area is 163 Å². The maximum Gasteiger partial charge on any atom is 0.257 e. The van der Waals surface area contributed by atoms with E-state index in [2.05, 4.69) is 25.2 Å². The molecule has 2 aromatic heterocycles. The minimum absolute atomic E-state index is 0.0622. The van der Waals surface area contributed by atoms with E-state index in [0.717, 1.165) is 42.7 Å². The number of benzene rings is 1. The Morgan fingerprint density at radius 3 is 2.93 bits per heavy atom. The number of rotatable bonds is 5. The second kappa shape index (κ2) is 8.21. The van der Waals surface area contributed by atoms with E-state index in [-0.39, 0.29) is 5.91 Å². The van der Waals surface area contributed by atoms with Crippen molar-refractivity contribution in [1.29, 1.82) is 0 Å². The lowest BCUT2D eigenvalue weighted by Crippen LogP contribution is -2.41. The highest BCUT2D eigenvalue weighted by atomic mass is 16.5. The molecule has 1 amide bonds. The number of carbonyl (C=O) groups is 1. The molecule has 0 spiro atoms. The topological polar surface area (TPSA) is 80.2 Å². The van der Waals surface area contributed by atoms with Gasteiger partial charge < -0.3 is 15.0 Å². The zero-order valence-electron chi connectivity index (χ0n) is 15.8. The van der Waals surface area contributed by atoms with Crippen LogP contribution in [0.3, 0.4) is 0 Å². The molecule has 0 saturated carbocycles. The van der Waals surface area contributed by atoms with Crippen LogP contribution in [0.4, 0.5) is 5.82 Å². The van der Waals surface area contributed by atoms with Crippen molar-refractivity contribution in [2.24, 2.45) is 5.92 Å². The zero-order chi connectivity index (χ0) is 19.3. The summed E-state index contributed by atoms with van der Waals surface area (Å²) >= 11 is 0. The summed E-state index contributed by atoms with van der Waals surface area (Å²) in [7, 11) is 1.61. The van der Waals surface area contributed by atoms with Gasteiger partial charge in [0.15, 0.2) is 5.82 Å². The first-order chi connectivity index (χ1) is 13.8. The minimum atomic E-state index is -0.0622. The van der Waals surface area contributed by atoms with Gasteiger partial charge in [0, 0.05) is 43.6 Å². The number of piperidine rings is 1. The van der Waals surface area contributed by atoms with E-state index in [1.807, 2.05) is 24.3 Å². The molecule has 1 saturated heterocycles. The van der Waals surface area contributed by atoms with Crippen LogP contribution in [0.2, 0.25) is 0 Å². The number of para-hydroxylation sites is 1. The lowest BCUT2D eigenvalue weighted by Gasteiger charge is -2.33. The van der Waals surface area contributed by atoms with Crippen molar-refractivity contribution in [1.82, 2.24) is 20.3 Å². The van der Waals surface area contributed by atoms with Gasteiger partial charge in [0.25, 0.3) is 11.8 Å². The molecule has 1 aliphatic heterocycles. The third kappa shape index (κ3) is 3.74. The number of methoxy groups -OCH3 is 1. The van der Waals surface area contributed by atoms with Crippen LogP contribution < -0.4 is 15.0 Å². The van der Waals surface area contributed by atoms with E-state index >= 15 is 0 Å². The lowest BCUT2D eigenvalue weighted by atomic mass is 9.97. The Bertz CT molecular complexity index is 972. The number of aromatic nitrogens is 3. The van der Waals surface area contributed by atoms with Crippen LogP contribution in [-0.4, -0.2) is 47.6 Å². The van der Waals surface area contributed by atoms with Crippen molar-refractivity contribution < 1.29 is 9.53 Å². The number of hydrogen-bond acceptors (Lipinski definition) is 6. The van der Waals surface area contributed by atoms with Crippen LogP contribution in [0.25, 0.3) is 10.9 Å². The first kappa shape index (κ1) is 18.2. The summed E-state index contributed by atoms with van der Waals surface area (Å²) in [5, 5.41) is 3.97. The van der Waals surface area contributed by atoms with Gasteiger partial charge in [0.2, 0.25) is 0 Å². The Balaban J connectivity index is 1.42. The van der Waals surface area contributed by atoms with Crippen molar-refractivity contribution in [3.05, 3.63) is 54.5 Å². The molecule has 3 heterocycles. The van der Waals surface area contributed by atoms with Crippen molar-refractivity contribution in [2.75, 3.05) is 31.6 Å². The van der Waals surface area contributed by atoms with Crippen LogP contribution in [0.15, 0.2) is 48.9 Å². The molecular formula is C21H23N5O2. The van der Waals surface area contributed by atoms with Crippen LogP contribution in [-0.2, 0) is 0 Å². The Morgan fingerprint density at radius 2 is 2.04 bits per heavy atom. The van der Waals surface area contributed by atoms with Gasteiger partial charge in [-0.1, -0.05) is 18.2 Å². The van der Waals surface area contributed by atoms with Crippen molar-refractivity contribution in [3.8, 4) is 5.88 Å². The second-order valence-corrected chi connectivity index (χ2v) is 6.93. The molecule has 7 heteroatoms. The molecule has 1 unspecified atom stereocenters. The molecule has 3 aromatic rings. The van der Waals surface area contributed by atoms with Gasteiger partial charge >= 0.3 is 0 Å². The van der Waals surface area contributed by atoms with Gasteiger partial charge in [0.1, 0.15) is 0 Å². The van der Waals surface area contributed by atoms with Crippen LogP contribution in [0.5, 0.6) is 5.88 Å². The summed E-state index contributed by atoms with van der Waals surface area (Å²) in [6.45, 7) is 2.34. The normalized spacial score (nSPS) is 16.8. The average Bonchev–Trinajstić information content (AvgIpc) is 2.77. The summed E-state index contributed by atoms with van der Waals surface area (Å²) in [6, 6.07) is 9.47. The molecule has 0 aliphatic carbocycles. The minimum Gasteiger partial charge on any atom is -0.478 e. The van der Waals surface area contributed by atoms with Crippen LogP contribution in [0, 0.1) is 5.92 Å². The second-order valence-electron chi connectivity index (χ2n) is 6.93. The van der Waals surface area contributed by atoms with E-state index in [9.17, 15) is 4.79 Å². The zero-order valence-corrected chi connectivity index (χ0v) is 15.8. The Hall–Kier alpha value is -3.22. The predicted molar refractivity (Wildman–Crippen MR) is 108 cm³/mol. The van der Waals surface area contributed by atoms with E-state index in [1.165, 1.54) is 0 Å². The van der Waals surface area contributed by atoms with E-state index in [0.29, 0.717) is 23.9 Å². The predicted octanol–water partition coefficient (Wildman–Crippen LogP) is 2.68. The molecule has 0 bridgehead atoms. The number of carbonyl (C=O) groups excluding carboxylic acids is 1. The molecule has 1 fully saturated rings. The maximum absolute atomic E-state index is 12.8. The Morgan fingerprint density at radius 1 is 1.18 bits per heavy atom. The highest BCUT2D eigenvalue weighted by molar-refractivity contribution is 6.05. The number of anilines is 1. The highest BCUT2D eigenvalue weighted by Gasteiger charge is 2.24. The highest BCUT2D eigenvalue weighted by Crippen LogP contribution is 2.27. The standard InChI is InChI=1S/C21H23N5O2/c1-28-21-19(23-10-11-24-21)26-12-4-5-15(14-26)13-25-20(27)17-8-9-22-18-7-3-2-6-16(17)18/h2-3,6-11,15H,4-5,12-14H2,1H3,(H,25,27). The summed E-state index contributed by atoms with van der Waals surface area (Å²) in [5.74, 6) is 1.59. The summed E-state index contributed by atoms with van der Waals surface area (Å²) in [6.07, 6.45) is 7.09. The molecule has 0 radical (unpaired) electrons. The fourth-order valence-corrected chi connectivity index (χ4v) is 3.73. The van der Waals surface area contributed by atoms with Gasteiger partial charge in [-0.2, -0.15) is 0 Å². The number of hydrogen-bond donors (Lipinski definition) is 1. The summed E-state index contributed by atoms with van der Waals surface area (Å²) in [5.41, 5.74) is 1.49. The van der Waals surface area contributed by atoms with Gasteiger partial charge in [-0.05, 0) is 30.9 Å². The van der Waals surface area contributed by atoms with Gasteiger partial charge in [-0.25, -0.2) is 9.97 Å². The lowest BCUT2D eigenvalue weighted by molar-refractivity contribution is 0.0947. The maximum atomic E-state index is 12.8. The van der Waals surface area contributed by atoms with Gasteiger partial charge in [-0.15, -0.1) is 0 Å². The number of nitrogens with zero attached hydrogens (tertiary/aromatic N) is 4. The van der Waals surface area contributed by atoms with Gasteiger partial charge in [0.05, 0.1) is 18.2 Å². The third-order valence-corrected chi connectivity index (χ3v) is 5.10. The third-order valence-electron chi connectivity index (χ3n) is 5.10. The monoisotopic (exact) mass is 377 g/mol. The first-order valence-electron chi connectivity index (χ1n) is 9.48. The summed E-state index contributed by atoms with van der Waals surface area (Å²) in [4.78, 5) is 27.9. The number of fused-ring (bicyclic) bond motifs is 1. The van der Waals surface area contributed by atoms with Crippen molar-refractivity contribution >= 4 is 22.6 Å². The van der Waals surface area contributed by atoms with E-state index < -0.39 is 0 Å². The quantitative estimate of drug-likeness (QED) is 0.736. The molecule has 1 aliphatic rings. The first-order valence-corrected chi connectivity index (χ1v) is 9.48. The van der Waals surface area contributed by atoms with Crippen molar-refractivity contribution in [3.63, 3.8) is 0 Å². The molecular weight excluding hydrogens is 354 g/mol. The molecule has 1 aromatic carbocycles. The fraction of sp³-hybridized carbons (Fsp3) is 0.333. The Kier molecular flexibility index (Phi) is 5.32. The van der Waals surface area contributed by atoms with E-state index in [1.54, 1.807) is 31.8 Å². The number of nitrogens with one attached hydrogen (secondary N) is 1. The van der Waals surface area contributed by atoms with Crippen LogP contribution >= 0.6 is 0 Å². The van der Waals surface area contributed by atoms with Crippen LogP contribution in [0.1, 0.15) is 23.2 Å². The smallest absolute Gasteiger partial charge is 0.257 e. The number of amides is 1. The molecule has 7 nitrogen and oxygen atoms in total. The average molecular weight is 377 g/mol. The molecule has 144 valence electrons. The van der Waals surface area contributed by atoms with E-state index in [4.69, 9.17) is 4.74 Å². The largest absolute Gasteiger partial charge is 0.478 e. The number of ether oxygens (including phenoxy) is 1. The molecule has 1 N–H and O–H groups in total. The van der Waals surface area contributed by atoms with Crippen molar-refractivity contribution in [2.45, 2.75) is 12.8 Å². The summed E-state index contributed by atoms with van der Waals surface area (Å²) < 4.78 is 5.34. The number of pyridine rings is 1. The molecule has 28 heavy (non-hydrogen) atoms. The molecule has 4 rings (SSSR count). The SMILES string of the molecule is COc1nccnc1N1CCCC(CNC(=O)c2ccnc3ccccc23)C1. The van der Waals surface area contributed by atoms with Gasteiger partial charge in [-0.3, -0.25) is 9.78 Å². The molecule has 1 atom stereocenters. The fourth-order valence-electron chi connectivity index (χ4n) is 3.73.